The van der Waals surface area contributed by atoms with Crippen LogP contribution in [0, 0.1) is 5.92 Å². The largest absolute Gasteiger partial charge is 0.375 e. The van der Waals surface area contributed by atoms with Crippen LogP contribution in [0.2, 0.25) is 0 Å². The Kier molecular flexibility index (Phi) is 2.74. The van der Waals surface area contributed by atoms with Crippen LogP contribution in [0.5, 0.6) is 0 Å². The normalized spacial score (nSPS) is 31.9. The molecule has 0 aliphatic carbocycles. The van der Waals surface area contributed by atoms with E-state index in [2.05, 4.69) is 5.32 Å². The summed E-state index contributed by atoms with van der Waals surface area (Å²) in [5.74, 6) is -1.56. The Balaban J connectivity index is 2.01. The van der Waals surface area contributed by atoms with Gasteiger partial charge in [0.25, 0.3) is 5.91 Å². The van der Waals surface area contributed by atoms with E-state index < -0.39 is 23.0 Å². The van der Waals surface area contributed by atoms with Crippen LogP contribution >= 0.6 is 0 Å². The molecule has 0 spiro atoms. The fourth-order valence-electron chi connectivity index (χ4n) is 2.96. The molecule has 2 aliphatic rings. The molecule has 1 aromatic carbocycles. The van der Waals surface area contributed by atoms with E-state index in [0.717, 1.165) is 0 Å². The van der Waals surface area contributed by atoms with Gasteiger partial charge in [0, 0.05) is 17.7 Å². The molecular formula is C15H17NO4. The van der Waals surface area contributed by atoms with Crippen molar-refractivity contribution in [1.82, 2.24) is 0 Å². The Morgan fingerprint density at radius 1 is 1.30 bits per heavy atom. The molecule has 0 radical (unpaired) electrons. The molecule has 5 heteroatoms. The molecule has 2 N–H and O–H groups in total. The molecular weight excluding hydrogens is 258 g/mol. The van der Waals surface area contributed by atoms with Crippen LogP contribution in [0.15, 0.2) is 24.3 Å². The number of fused-ring (bicyclic) bond motifs is 1. The molecule has 1 fully saturated rings. The predicted octanol–water partition coefficient (Wildman–Crippen LogP) is 1.21. The molecule has 20 heavy (non-hydrogen) atoms. The number of rotatable bonds is 1. The van der Waals surface area contributed by atoms with Crippen molar-refractivity contribution in [2.24, 2.45) is 5.92 Å². The van der Waals surface area contributed by atoms with Gasteiger partial charge in [-0.2, -0.15) is 0 Å². The van der Waals surface area contributed by atoms with Gasteiger partial charge in [0.05, 0.1) is 18.1 Å². The first-order chi connectivity index (χ1) is 9.34. The molecule has 0 bridgehead atoms. The molecule has 1 saturated heterocycles. The zero-order valence-electron chi connectivity index (χ0n) is 11.5. The Labute approximate surface area is 116 Å². The topological polar surface area (TPSA) is 75.6 Å². The van der Waals surface area contributed by atoms with Crippen molar-refractivity contribution in [2.45, 2.75) is 31.5 Å². The number of ether oxygens (including phenoxy) is 1. The number of nitrogens with one attached hydrogen (secondary N) is 1. The summed E-state index contributed by atoms with van der Waals surface area (Å²) in [6.07, 6.45) is 0.190. The van der Waals surface area contributed by atoms with Crippen LogP contribution < -0.4 is 5.32 Å². The number of carbonyl (C=O) groups excluding carboxylic acids is 2. The van der Waals surface area contributed by atoms with Crippen LogP contribution in [0.3, 0.4) is 0 Å². The number of Topliss-reactive ketones (excluding diaryl/α,β-unsaturated/α-hetero) is 1. The van der Waals surface area contributed by atoms with Crippen molar-refractivity contribution in [3.63, 3.8) is 0 Å². The summed E-state index contributed by atoms with van der Waals surface area (Å²) in [4.78, 5) is 24.5. The maximum absolute atomic E-state index is 12.3. The van der Waals surface area contributed by atoms with Crippen LogP contribution in [-0.2, 0) is 19.9 Å². The van der Waals surface area contributed by atoms with Crippen LogP contribution in [0.25, 0.3) is 0 Å². The first kappa shape index (κ1) is 13.3. The SMILES string of the molecule is CC1(C)CC(=O)[C@H]([C@@]2(O)C(=O)Nc3ccccc32)CO1. The van der Waals surface area contributed by atoms with Gasteiger partial charge in [0.1, 0.15) is 5.78 Å². The van der Waals surface area contributed by atoms with E-state index in [1.54, 1.807) is 24.3 Å². The molecule has 106 valence electrons. The van der Waals surface area contributed by atoms with Gasteiger partial charge in [-0.25, -0.2) is 0 Å². The van der Waals surface area contributed by atoms with Gasteiger partial charge in [0.2, 0.25) is 0 Å². The van der Waals surface area contributed by atoms with Gasteiger partial charge < -0.3 is 15.2 Å². The molecule has 3 rings (SSSR count). The second-order valence-corrected chi connectivity index (χ2v) is 6.03. The van der Waals surface area contributed by atoms with E-state index in [4.69, 9.17) is 4.74 Å². The summed E-state index contributed by atoms with van der Waals surface area (Å²) >= 11 is 0. The maximum Gasteiger partial charge on any atom is 0.261 e. The van der Waals surface area contributed by atoms with Gasteiger partial charge in [-0.05, 0) is 19.9 Å². The van der Waals surface area contributed by atoms with Gasteiger partial charge in [-0.3, -0.25) is 9.59 Å². The highest BCUT2D eigenvalue weighted by Gasteiger charge is 2.55. The van der Waals surface area contributed by atoms with E-state index in [0.29, 0.717) is 11.3 Å². The molecule has 2 aliphatic heterocycles. The highest BCUT2D eigenvalue weighted by atomic mass is 16.5. The maximum atomic E-state index is 12.3. The second kappa shape index (κ2) is 4.14. The summed E-state index contributed by atoms with van der Waals surface area (Å²) in [6, 6.07) is 6.89. The standard InChI is InChI=1S/C15H17NO4/c1-14(2)7-12(17)10(8-20-14)15(19)9-5-3-4-6-11(9)16-13(15)18/h3-6,10,19H,7-8H2,1-2H3,(H,16,18)/t10-,15-/m1/s1. The van der Waals surface area contributed by atoms with E-state index in [1.807, 2.05) is 13.8 Å². The fraction of sp³-hybridized carbons (Fsp3) is 0.467. The Morgan fingerprint density at radius 3 is 2.70 bits per heavy atom. The molecule has 1 amide bonds. The monoisotopic (exact) mass is 275 g/mol. The van der Waals surface area contributed by atoms with Gasteiger partial charge in [-0.1, -0.05) is 18.2 Å². The van der Waals surface area contributed by atoms with Crippen LogP contribution in [0.4, 0.5) is 5.69 Å². The summed E-state index contributed by atoms with van der Waals surface area (Å²) < 4.78 is 5.63. The van der Waals surface area contributed by atoms with E-state index in [9.17, 15) is 14.7 Å². The van der Waals surface area contributed by atoms with Crippen molar-refractivity contribution in [2.75, 3.05) is 11.9 Å². The van der Waals surface area contributed by atoms with Crippen molar-refractivity contribution in [3.8, 4) is 0 Å². The molecule has 2 heterocycles. The smallest absolute Gasteiger partial charge is 0.261 e. The van der Waals surface area contributed by atoms with Crippen LogP contribution in [-0.4, -0.2) is 29.0 Å². The number of hydrogen-bond acceptors (Lipinski definition) is 4. The number of hydrogen-bond donors (Lipinski definition) is 2. The number of benzene rings is 1. The highest BCUT2D eigenvalue weighted by molar-refractivity contribution is 6.08. The predicted molar refractivity (Wildman–Crippen MR) is 72.1 cm³/mol. The van der Waals surface area contributed by atoms with Gasteiger partial charge in [-0.15, -0.1) is 0 Å². The van der Waals surface area contributed by atoms with E-state index in [1.165, 1.54) is 0 Å². The van der Waals surface area contributed by atoms with Crippen molar-refractivity contribution < 1.29 is 19.4 Å². The van der Waals surface area contributed by atoms with E-state index in [-0.39, 0.29) is 18.8 Å². The van der Waals surface area contributed by atoms with E-state index >= 15 is 0 Å². The number of carbonyl (C=O) groups is 2. The minimum absolute atomic E-state index is 0.0457. The number of para-hydroxylation sites is 1. The number of anilines is 1. The van der Waals surface area contributed by atoms with Crippen molar-refractivity contribution >= 4 is 17.4 Å². The zero-order chi connectivity index (χ0) is 14.5. The lowest BCUT2D eigenvalue weighted by Crippen LogP contribution is -2.52. The fourth-order valence-corrected chi connectivity index (χ4v) is 2.96. The zero-order valence-corrected chi connectivity index (χ0v) is 11.5. The molecule has 2 atom stereocenters. The molecule has 0 saturated carbocycles. The highest BCUT2D eigenvalue weighted by Crippen LogP contribution is 2.44. The summed E-state index contributed by atoms with van der Waals surface area (Å²) in [5.41, 5.74) is -1.37. The quantitative estimate of drug-likeness (QED) is 0.807. The first-order valence-corrected chi connectivity index (χ1v) is 6.64. The Bertz CT molecular complexity index is 595. The first-order valence-electron chi connectivity index (χ1n) is 6.64. The number of aliphatic hydroxyl groups is 1. The molecule has 0 aromatic heterocycles. The second-order valence-electron chi connectivity index (χ2n) is 6.03. The third-order valence-corrected chi connectivity index (χ3v) is 4.07. The lowest BCUT2D eigenvalue weighted by molar-refractivity contribution is -0.171. The Morgan fingerprint density at radius 2 is 2.00 bits per heavy atom. The third kappa shape index (κ3) is 1.77. The molecule has 5 nitrogen and oxygen atoms in total. The molecule has 0 unspecified atom stereocenters. The summed E-state index contributed by atoms with van der Waals surface area (Å²) in [7, 11) is 0. The number of amides is 1. The van der Waals surface area contributed by atoms with Crippen molar-refractivity contribution in [1.29, 1.82) is 0 Å². The van der Waals surface area contributed by atoms with Crippen molar-refractivity contribution in [3.05, 3.63) is 29.8 Å². The lowest BCUT2D eigenvalue weighted by atomic mass is 9.76. The minimum atomic E-state index is -1.83. The summed E-state index contributed by atoms with van der Waals surface area (Å²) in [5, 5.41) is 13.5. The minimum Gasteiger partial charge on any atom is -0.375 e. The summed E-state index contributed by atoms with van der Waals surface area (Å²) in [6.45, 7) is 3.70. The average molecular weight is 275 g/mol. The average Bonchev–Trinajstić information content (AvgIpc) is 2.61. The number of ketones is 1. The van der Waals surface area contributed by atoms with Crippen LogP contribution in [0.1, 0.15) is 25.8 Å². The Hall–Kier alpha value is -1.72. The van der Waals surface area contributed by atoms with Gasteiger partial charge >= 0.3 is 0 Å². The lowest BCUT2D eigenvalue weighted by Gasteiger charge is -2.38. The molecule has 1 aromatic rings. The van der Waals surface area contributed by atoms with Gasteiger partial charge in [0.15, 0.2) is 5.60 Å². The third-order valence-electron chi connectivity index (χ3n) is 4.07.